The third-order valence-electron chi connectivity index (χ3n) is 4.69. The molecule has 0 unspecified atom stereocenters. The summed E-state index contributed by atoms with van der Waals surface area (Å²) >= 11 is 0. The minimum Gasteiger partial charge on any atom is -0.334 e. The van der Waals surface area contributed by atoms with Crippen LogP contribution >= 0.6 is 0 Å². The fourth-order valence-corrected chi connectivity index (χ4v) is 3.32. The number of aryl methyl sites for hydroxylation is 1. The van der Waals surface area contributed by atoms with Crippen molar-refractivity contribution in [3.05, 3.63) is 60.2 Å². The second-order valence-electron chi connectivity index (χ2n) is 6.50. The number of carbonyl (C=O) groups is 1. The summed E-state index contributed by atoms with van der Waals surface area (Å²) < 4.78 is 0. The van der Waals surface area contributed by atoms with Crippen LogP contribution in [0.25, 0.3) is 0 Å². The molecule has 5 nitrogen and oxygen atoms in total. The number of hydrogen-bond donors (Lipinski definition) is 1. The van der Waals surface area contributed by atoms with Crippen LogP contribution in [-0.2, 0) is 17.8 Å². The van der Waals surface area contributed by atoms with Gasteiger partial charge < -0.3 is 10.2 Å². The van der Waals surface area contributed by atoms with Crippen LogP contribution in [0.2, 0.25) is 0 Å². The van der Waals surface area contributed by atoms with Gasteiger partial charge >= 0.3 is 0 Å². The molecule has 1 N–H and O–H groups in total. The average Bonchev–Trinajstić information content (AvgIpc) is 2.95. The van der Waals surface area contributed by atoms with Gasteiger partial charge in [0.05, 0.1) is 12.2 Å². The smallest absolute Gasteiger partial charge is 0.223 e. The lowest BCUT2D eigenvalue weighted by Gasteiger charge is -2.31. The zero-order valence-electron chi connectivity index (χ0n) is 14.6. The summed E-state index contributed by atoms with van der Waals surface area (Å²) in [6.07, 6.45) is 7.91. The molecule has 2 aromatic rings. The van der Waals surface area contributed by atoms with E-state index in [-0.39, 0.29) is 11.9 Å². The van der Waals surface area contributed by atoms with Crippen LogP contribution in [0.5, 0.6) is 0 Å². The van der Waals surface area contributed by atoms with Crippen molar-refractivity contribution in [2.45, 2.75) is 44.7 Å². The van der Waals surface area contributed by atoms with Crippen LogP contribution in [0.1, 0.15) is 37.1 Å². The fourth-order valence-electron chi connectivity index (χ4n) is 3.32. The highest BCUT2D eigenvalue weighted by Crippen LogP contribution is 2.18. The lowest BCUT2D eigenvalue weighted by Crippen LogP contribution is -2.40. The first-order valence-corrected chi connectivity index (χ1v) is 9.13. The van der Waals surface area contributed by atoms with Gasteiger partial charge in [-0.05, 0) is 63.0 Å². The lowest BCUT2D eigenvalue weighted by molar-refractivity contribution is -0.134. The molecular formula is C20H26N4O. The van der Waals surface area contributed by atoms with E-state index in [9.17, 15) is 4.79 Å². The summed E-state index contributed by atoms with van der Waals surface area (Å²) in [5.74, 6) is 0.197. The van der Waals surface area contributed by atoms with Gasteiger partial charge in [0.2, 0.25) is 5.91 Å². The maximum absolute atomic E-state index is 13.0. The van der Waals surface area contributed by atoms with Gasteiger partial charge in [-0.15, -0.1) is 0 Å². The predicted octanol–water partition coefficient (Wildman–Crippen LogP) is 2.58. The molecule has 0 aliphatic carbocycles. The van der Waals surface area contributed by atoms with Crippen LogP contribution in [0.3, 0.4) is 0 Å². The number of amides is 1. The molecule has 0 saturated carbocycles. The van der Waals surface area contributed by atoms with Crippen molar-refractivity contribution in [3.63, 3.8) is 0 Å². The van der Waals surface area contributed by atoms with E-state index in [0.29, 0.717) is 19.4 Å². The molecule has 0 radical (unpaired) electrons. The number of carbonyl (C=O) groups excluding carboxylic acids is 1. The van der Waals surface area contributed by atoms with Crippen LogP contribution < -0.4 is 5.32 Å². The van der Waals surface area contributed by atoms with Gasteiger partial charge in [0.1, 0.15) is 0 Å². The molecule has 132 valence electrons. The Bertz CT molecular complexity index is 639. The fraction of sp³-hybridized carbons (Fsp3) is 0.450. The van der Waals surface area contributed by atoms with Crippen molar-refractivity contribution in [3.8, 4) is 0 Å². The third kappa shape index (κ3) is 5.36. The summed E-state index contributed by atoms with van der Waals surface area (Å²) in [6, 6.07) is 12.0. The average molecular weight is 338 g/mol. The van der Waals surface area contributed by atoms with E-state index in [2.05, 4.69) is 15.3 Å². The highest BCUT2D eigenvalue weighted by atomic mass is 16.2. The molecule has 3 rings (SSSR count). The molecule has 1 saturated heterocycles. The van der Waals surface area contributed by atoms with E-state index in [1.165, 1.54) is 0 Å². The van der Waals surface area contributed by atoms with E-state index < -0.39 is 0 Å². The SMILES string of the molecule is O=C(CCc1ccccn1)N(Cc1ccccn1)[C@@H]1CCCNCC1. The number of aromatic nitrogens is 2. The highest BCUT2D eigenvalue weighted by molar-refractivity contribution is 5.76. The molecule has 1 aliphatic heterocycles. The number of nitrogens with one attached hydrogen (secondary N) is 1. The molecule has 3 heterocycles. The van der Waals surface area contributed by atoms with Gasteiger partial charge in [-0.25, -0.2) is 0 Å². The van der Waals surface area contributed by atoms with Crippen LogP contribution in [0.4, 0.5) is 0 Å². The van der Waals surface area contributed by atoms with Gasteiger partial charge in [-0.2, -0.15) is 0 Å². The first kappa shape index (κ1) is 17.5. The van der Waals surface area contributed by atoms with Gasteiger partial charge in [0.25, 0.3) is 0 Å². The highest BCUT2D eigenvalue weighted by Gasteiger charge is 2.24. The second kappa shape index (κ2) is 9.28. The van der Waals surface area contributed by atoms with Gasteiger partial charge in [0.15, 0.2) is 0 Å². The van der Waals surface area contributed by atoms with Crippen molar-refractivity contribution >= 4 is 5.91 Å². The first-order chi connectivity index (χ1) is 12.3. The molecule has 1 atom stereocenters. The number of rotatable bonds is 6. The molecule has 25 heavy (non-hydrogen) atoms. The van der Waals surface area contributed by atoms with E-state index >= 15 is 0 Å². The van der Waals surface area contributed by atoms with E-state index in [1.807, 2.05) is 41.3 Å². The second-order valence-corrected chi connectivity index (χ2v) is 6.50. The number of pyridine rings is 2. The van der Waals surface area contributed by atoms with Gasteiger partial charge in [-0.3, -0.25) is 14.8 Å². The molecule has 0 aromatic carbocycles. The number of nitrogens with zero attached hydrogens (tertiary/aromatic N) is 3. The summed E-state index contributed by atoms with van der Waals surface area (Å²) in [5.41, 5.74) is 1.92. The largest absolute Gasteiger partial charge is 0.334 e. The predicted molar refractivity (Wildman–Crippen MR) is 97.9 cm³/mol. The topological polar surface area (TPSA) is 58.1 Å². The van der Waals surface area contributed by atoms with Crippen molar-refractivity contribution in [1.29, 1.82) is 0 Å². The Morgan fingerprint density at radius 1 is 1.04 bits per heavy atom. The summed E-state index contributed by atoms with van der Waals surface area (Å²) in [5, 5.41) is 3.43. The standard InChI is InChI=1S/C20H26N4O/c25-20(10-9-17-6-1-3-13-22-17)24(16-18-7-2-4-14-23-18)19-8-5-12-21-15-11-19/h1-4,6-7,13-14,19,21H,5,8-12,15-16H2/t19-/m1/s1. The first-order valence-electron chi connectivity index (χ1n) is 9.13. The molecule has 1 amide bonds. The van der Waals surface area contributed by atoms with Gasteiger partial charge in [-0.1, -0.05) is 12.1 Å². The summed E-state index contributed by atoms with van der Waals surface area (Å²) in [6.45, 7) is 2.60. The van der Waals surface area contributed by atoms with E-state index in [4.69, 9.17) is 0 Å². The Labute approximate surface area is 149 Å². The zero-order valence-corrected chi connectivity index (χ0v) is 14.6. The number of hydrogen-bond acceptors (Lipinski definition) is 4. The minimum atomic E-state index is 0.197. The van der Waals surface area contributed by atoms with Crippen LogP contribution in [0, 0.1) is 0 Å². The quantitative estimate of drug-likeness (QED) is 0.879. The van der Waals surface area contributed by atoms with E-state index in [0.717, 1.165) is 43.7 Å². The van der Waals surface area contributed by atoms with Crippen molar-refractivity contribution in [2.24, 2.45) is 0 Å². The monoisotopic (exact) mass is 338 g/mol. The molecule has 0 bridgehead atoms. The zero-order chi connectivity index (χ0) is 17.3. The van der Waals surface area contributed by atoms with Crippen molar-refractivity contribution in [2.75, 3.05) is 13.1 Å². The van der Waals surface area contributed by atoms with Crippen LogP contribution in [0.15, 0.2) is 48.8 Å². The molecule has 1 fully saturated rings. The van der Waals surface area contributed by atoms with Crippen molar-refractivity contribution < 1.29 is 4.79 Å². The maximum atomic E-state index is 13.0. The van der Waals surface area contributed by atoms with Crippen LogP contribution in [-0.4, -0.2) is 39.9 Å². The Morgan fingerprint density at radius 2 is 1.80 bits per heavy atom. The Kier molecular flexibility index (Phi) is 6.51. The summed E-state index contributed by atoms with van der Waals surface area (Å²) in [4.78, 5) is 23.8. The Balaban J connectivity index is 1.68. The molecule has 5 heteroatoms. The third-order valence-corrected chi connectivity index (χ3v) is 4.69. The van der Waals surface area contributed by atoms with Crippen molar-refractivity contribution in [1.82, 2.24) is 20.2 Å². The maximum Gasteiger partial charge on any atom is 0.223 e. The molecule has 0 spiro atoms. The van der Waals surface area contributed by atoms with E-state index in [1.54, 1.807) is 12.4 Å². The lowest BCUT2D eigenvalue weighted by atomic mass is 10.1. The van der Waals surface area contributed by atoms with Gasteiger partial charge in [0, 0.05) is 30.6 Å². The summed E-state index contributed by atoms with van der Waals surface area (Å²) in [7, 11) is 0. The molecular weight excluding hydrogens is 312 g/mol. The molecule has 1 aliphatic rings. The Hall–Kier alpha value is -2.27. The molecule has 2 aromatic heterocycles. The minimum absolute atomic E-state index is 0.197. The normalized spacial score (nSPS) is 17.7. The Morgan fingerprint density at radius 3 is 2.52 bits per heavy atom.